The molecule has 1 aromatic heterocycles. The number of thiazole rings is 1. The fourth-order valence-corrected chi connectivity index (χ4v) is 2.96. The average molecular weight is 283 g/mol. The Kier molecular flexibility index (Phi) is 4.61. The molecule has 0 radical (unpaired) electrons. The second kappa shape index (κ2) is 6.21. The number of benzene rings is 1. The van der Waals surface area contributed by atoms with E-state index >= 15 is 0 Å². The Morgan fingerprint density at radius 1 is 1.32 bits per heavy atom. The van der Waals surface area contributed by atoms with Crippen LogP contribution in [0, 0.1) is 11.6 Å². The van der Waals surface area contributed by atoms with Crippen LogP contribution in [0.25, 0.3) is 10.6 Å². The van der Waals surface area contributed by atoms with Crippen molar-refractivity contribution in [2.45, 2.75) is 32.8 Å². The van der Waals surface area contributed by atoms with Crippen LogP contribution in [0.1, 0.15) is 30.3 Å². The summed E-state index contributed by atoms with van der Waals surface area (Å²) < 4.78 is 26.6. The zero-order valence-corrected chi connectivity index (χ0v) is 11.4. The van der Waals surface area contributed by atoms with Gasteiger partial charge in [-0.2, -0.15) is 0 Å². The second-order valence-electron chi connectivity index (χ2n) is 4.27. The number of hydrogen-bond acceptors (Lipinski definition) is 3. The Labute approximate surface area is 114 Å². The van der Waals surface area contributed by atoms with Gasteiger partial charge in [-0.1, -0.05) is 13.3 Å². The van der Waals surface area contributed by atoms with E-state index in [0.717, 1.165) is 30.2 Å². The smallest absolute Gasteiger partial charge is 0.136 e. The fraction of sp³-hybridized carbons (Fsp3) is 0.357. The SMILES string of the molecule is CCCCc1sc(-c2ccc(F)cc2F)nc1CO. The number of aliphatic hydroxyl groups excluding tert-OH is 1. The Morgan fingerprint density at radius 2 is 2.11 bits per heavy atom. The van der Waals surface area contributed by atoms with Gasteiger partial charge in [-0.15, -0.1) is 11.3 Å². The Bertz CT molecular complexity index is 569. The molecule has 0 aliphatic rings. The third-order valence-electron chi connectivity index (χ3n) is 2.85. The molecule has 0 aliphatic carbocycles. The maximum absolute atomic E-state index is 13.7. The molecule has 5 heteroatoms. The first kappa shape index (κ1) is 14.1. The quantitative estimate of drug-likeness (QED) is 0.902. The van der Waals surface area contributed by atoms with Gasteiger partial charge in [0, 0.05) is 16.5 Å². The fourth-order valence-electron chi connectivity index (χ4n) is 1.82. The van der Waals surface area contributed by atoms with E-state index in [4.69, 9.17) is 0 Å². The number of rotatable bonds is 5. The maximum atomic E-state index is 13.7. The lowest BCUT2D eigenvalue weighted by molar-refractivity contribution is 0.276. The Morgan fingerprint density at radius 3 is 2.74 bits per heavy atom. The van der Waals surface area contributed by atoms with Gasteiger partial charge in [-0.3, -0.25) is 0 Å². The van der Waals surface area contributed by atoms with Crippen molar-refractivity contribution in [3.05, 3.63) is 40.4 Å². The van der Waals surface area contributed by atoms with Gasteiger partial charge in [0.2, 0.25) is 0 Å². The van der Waals surface area contributed by atoms with Crippen molar-refractivity contribution in [3.8, 4) is 10.6 Å². The maximum Gasteiger partial charge on any atom is 0.136 e. The van der Waals surface area contributed by atoms with Gasteiger partial charge in [0.15, 0.2) is 0 Å². The third kappa shape index (κ3) is 3.16. The van der Waals surface area contributed by atoms with Crippen LogP contribution in [0.15, 0.2) is 18.2 Å². The number of halogens is 2. The van der Waals surface area contributed by atoms with E-state index in [0.29, 0.717) is 10.7 Å². The molecular formula is C14H15F2NOS. The molecule has 0 fully saturated rings. The molecule has 0 atom stereocenters. The zero-order chi connectivity index (χ0) is 13.8. The summed E-state index contributed by atoms with van der Waals surface area (Å²) >= 11 is 1.36. The molecule has 1 heterocycles. The van der Waals surface area contributed by atoms with Gasteiger partial charge in [-0.25, -0.2) is 13.8 Å². The first-order valence-electron chi connectivity index (χ1n) is 6.20. The summed E-state index contributed by atoms with van der Waals surface area (Å²) in [7, 11) is 0. The van der Waals surface area contributed by atoms with Crippen molar-refractivity contribution in [3.63, 3.8) is 0 Å². The molecule has 0 aliphatic heterocycles. The normalized spacial score (nSPS) is 10.9. The number of hydrogen-bond donors (Lipinski definition) is 1. The molecule has 0 spiro atoms. The van der Waals surface area contributed by atoms with Crippen molar-refractivity contribution < 1.29 is 13.9 Å². The molecule has 2 aromatic rings. The molecule has 0 bridgehead atoms. The standard InChI is InChI=1S/C14H15F2NOS/c1-2-3-4-13-12(8-18)17-14(19-13)10-6-5-9(15)7-11(10)16/h5-7,18H,2-4,8H2,1H3. The van der Waals surface area contributed by atoms with E-state index in [1.54, 1.807) is 0 Å². The van der Waals surface area contributed by atoms with E-state index in [9.17, 15) is 13.9 Å². The summed E-state index contributed by atoms with van der Waals surface area (Å²) in [5.41, 5.74) is 0.876. The molecular weight excluding hydrogens is 268 g/mol. The monoisotopic (exact) mass is 283 g/mol. The highest BCUT2D eigenvalue weighted by atomic mass is 32.1. The predicted molar refractivity (Wildman–Crippen MR) is 72.0 cm³/mol. The molecule has 1 aromatic carbocycles. The lowest BCUT2D eigenvalue weighted by Crippen LogP contribution is -1.91. The van der Waals surface area contributed by atoms with Crippen LogP contribution in [0.3, 0.4) is 0 Å². The van der Waals surface area contributed by atoms with E-state index < -0.39 is 11.6 Å². The summed E-state index contributed by atoms with van der Waals surface area (Å²) in [5.74, 6) is -1.23. The minimum atomic E-state index is -0.625. The third-order valence-corrected chi connectivity index (χ3v) is 4.04. The van der Waals surface area contributed by atoms with Gasteiger partial charge in [0.05, 0.1) is 12.3 Å². The van der Waals surface area contributed by atoms with Gasteiger partial charge in [0.1, 0.15) is 16.6 Å². The summed E-state index contributed by atoms with van der Waals surface area (Å²) in [6, 6.07) is 3.44. The van der Waals surface area contributed by atoms with Crippen LogP contribution in [-0.2, 0) is 13.0 Å². The lowest BCUT2D eigenvalue weighted by Gasteiger charge is -1.98. The van der Waals surface area contributed by atoms with Crippen molar-refractivity contribution in [1.82, 2.24) is 4.98 Å². The minimum Gasteiger partial charge on any atom is -0.390 e. The van der Waals surface area contributed by atoms with Gasteiger partial charge in [-0.05, 0) is 25.0 Å². The lowest BCUT2D eigenvalue weighted by atomic mass is 10.2. The number of nitrogens with zero attached hydrogens (tertiary/aromatic N) is 1. The summed E-state index contributed by atoms with van der Waals surface area (Å²) in [5, 5.41) is 9.78. The molecule has 0 saturated carbocycles. The minimum absolute atomic E-state index is 0.154. The Hall–Kier alpha value is -1.33. The molecule has 2 nitrogen and oxygen atoms in total. The van der Waals surface area contributed by atoms with Gasteiger partial charge >= 0.3 is 0 Å². The summed E-state index contributed by atoms with van der Waals surface area (Å²) in [6.07, 6.45) is 2.87. The largest absolute Gasteiger partial charge is 0.390 e. The van der Waals surface area contributed by atoms with Gasteiger partial charge in [0.25, 0.3) is 0 Å². The second-order valence-corrected chi connectivity index (χ2v) is 5.36. The predicted octanol–water partition coefficient (Wildman–Crippen LogP) is 3.92. The molecule has 102 valence electrons. The molecule has 2 rings (SSSR count). The summed E-state index contributed by atoms with van der Waals surface area (Å²) in [4.78, 5) is 5.22. The van der Waals surface area contributed by atoms with Crippen LogP contribution in [0.5, 0.6) is 0 Å². The van der Waals surface area contributed by atoms with E-state index in [-0.39, 0.29) is 12.2 Å². The highest BCUT2D eigenvalue weighted by Gasteiger charge is 2.14. The van der Waals surface area contributed by atoms with Crippen molar-refractivity contribution >= 4 is 11.3 Å². The Balaban J connectivity index is 2.36. The highest BCUT2D eigenvalue weighted by molar-refractivity contribution is 7.15. The van der Waals surface area contributed by atoms with E-state index in [1.807, 2.05) is 0 Å². The van der Waals surface area contributed by atoms with Crippen LogP contribution in [-0.4, -0.2) is 10.1 Å². The van der Waals surface area contributed by atoms with Crippen LogP contribution in [0.2, 0.25) is 0 Å². The van der Waals surface area contributed by atoms with E-state index in [1.165, 1.54) is 23.5 Å². The van der Waals surface area contributed by atoms with Crippen LogP contribution in [0.4, 0.5) is 8.78 Å². The molecule has 0 unspecified atom stereocenters. The first-order valence-corrected chi connectivity index (χ1v) is 7.02. The average Bonchev–Trinajstić information content (AvgIpc) is 2.79. The highest BCUT2D eigenvalue weighted by Crippen LogP contribution is 2.31. The number of aromatic nitrogens is 1. The topological polar surface area (TPSA) is 33.1 Å². The molecule has 0 amide bonds. The molecule has 19 heavy (non-hydrogen) atoms. The number of unbranched alkanes of at least 4 members (excludes halogenated alkanes) is 1. The van der Waals surface area contributed by atoms with Crippen LogP contribution >= 0.6 is 11.3 Å². The van der Waals surface area contributed by atoms with Crippen molar-refractivity contribution in [2.75, 3.05) is 0 Å². The van der Waals surface area contributed by atoms with E-state index in [2.05, 4.69) is 11.9 Å². The van der Waals surface area contributed by atoms with Crippen molar-refractivity contribution in [1.29, 1.82) is 0 Å². The number of aliphatic hydroxyl groups is 1. The number of aryl methyl sites for hydroxylation is 1. The van der Waals surface area contributed by atoms with Crippen LogP contribution < -0.4 is 0 Å². The zero-order valence-electron chi connectivity index (χ0n) is 10.6. The van der Waals surface area contributed by atoms with Gasteiger partial charge < -0.3 is 5.11 Å². The molecule has 1 N–H and O–H groups in total. The summed E-state index contributed by atoms with van der Waals surface area (Å²) in [6.45, 7) is 1.93. The van der Waals surface area contributed by atoms with Crippen molar-refractivity contribution in [2.24, 2.45) is 0 Å². The molecule has 0 saturated heterocycles. The first-order chi connectivity index (χ1) is 9.15.